The van der Waals surface area contributed by atoms with Gasteiger partial charge in [-0.2, -0.15) is 0 Å². The third-order valence-electron chi connectivity index (χ3n) is 4.61. The molecular weight excluding hydrogens is 268 g/mol. The van der Waals surface area contributed by atoms with E-state index in [1.54, 1.807) is 11.3 Å². The Balaban J connectivity index is 2.08. The van der Waals surface area contributed by atoms with Crippen LogP contribution in [0.2, 0.25) is 0 Å². The van der Waals surface area contributed by atoms with Gasteiger partial charge in [-0.05, 0) is 64.8 Å². The van der Waals surface area contributed by atoms with E-state index < -0.39 is 0 Å². The number of amides is 1. The summed E-state index contributed by atoms with van der Waals surface area (Å²) < 4.78 is 0. The Kier molecular flexibility index (Phi) is 4.86. The van der Waals surface area contributed by atoms with Crippen molar-refractivity contribution in [1.82, 2.24) is 10.6 Å². The standard InChI is InChI=1S/C16H26N2OS/c1-5-16(6-8-17-9-7-16)15(19)18-12(3)14-10-11(2)20-13(14)4/h10,12,17H,5-9H2,1-4H3,(H,18,19). The summed E-state index contributed by atoms with van der Waals surface area (Å²) >= 11 is 1.80. The van der Waals surface area contributed by atoms with E-state index in [0.29, 0.717) is 0 Å². The Morgan fingerprint density at radius 1 is 1.45 bits per heavy atom. The Bertz CT molecular complexity index is 475. The van der Waals surface area contributed by atoms with Gasteiger partial charge in [-0.1, -0.05) is 6.92 Å². The van der Waals surface area contributed by atoms with Crippen molar-refractivity contribution in [1.29, 1.82) is 0 Å². The van der Waals surface area contributed by atoms with E-state index in [4.69, 9.17) is 0 Å². The van der Waals surface area contributed by atoms with Crippen LogP contribution in [0.15, 0.2) is 6.07 Å². The van der Waals surface area contributed by atoms with Gasteiger partial charge in [0.2, 0.25) is 5.91 Å². The molecule has 20 heavy (non-hydrogen) atoms. The predicted octanol–water partition coefficient (Wildman–Crippen LogP) is 3.32. The van der Waals surface area contributed by atoms with E-state index in [-0.39, 0.29) is 17.4 Å². The smallest absolute Gasteiger partial charge is 0.226 e. The molecule has 2 heterocycles. The van der Waals surface area contributed by atoms with Gasteiger partial charge in [-0.25, -0.2) is 0 Å². The Morgan fingerprint density at radius 3 is 2.60 bits per heavy atom. The van der Waals surface area contributed by atoms with Gasteiger partial charge < -0.3 is 10.6 Å². The molecule has 1 atom stereocenters. The molecule has 4 heteroatoms. The van der Waals surface area contributed by atoms with E-state index in [9.17, 15) is 4.79 Å². The summed E-state index contributed by atoms with van der Waals surface area (Å²) in [6, 6.07) is 2.30. The molecule has 0 saturated carbocycles. The van der Waals surface area contributed by atoms with Crippen molar-refractivity contribution < 1.29 is 4.79 Å². The minimum absolute atomic E-state index is 0.103. The van der Waals surface area contributed by atoms with E-state index in [0.717, 1.165) is 32.4 Å². The first-order valence-corrected chi connectivity index (χ1v) is 8.39. The van der Waals surface area contributed by atoms with Gasteiger partial charge in [0.1, 0.15) is 0 Å². The first-order chi connectivity index (χ1) is 9.48. The summed E-state index contributed by atoms with van der Waals surface area (Å²) in [5, 5.41) is 6.60. The lowest BCUT2D eigenvalue weighted by Gasteiger charge is -2.36. The normalized spacial score (nSPS) is 19.6. The van der Waals surface area contributed by atoms with Crippen molar-refractivity contribution in [3.63, 3.8) is 0 Å². The zero-order chi connectivity index (χ0) is 14.8. The maximum Gasteiger partial charge on any atom is 0.226 e. The highest BCUT2D eigenvalue weighted by atomic mass is 32.1. The molecule has 0 bridgehead atoms. The highest BCUT2D eigenvalue weighted by Crippen LogP contribution is 2.34. The van der Waals surface area contributed by atoms with Crippen molar-refractivity contribution in [2.24, 2.45) is 5.41 Å². The fourth-order valence-corrected chi connectivity index (χ4v) is 4.18. The molecule has 1 unspecified atom stereocenters. The molecule has 0 aromatic carbocycles. The van der Waals surface area contributed by atoms with Crippen LogP contribution in [0, 0.1) is 19.3 Å². The van der Waals surface area contributed by atoms with Crippen LogP contribution in [0.25, 0.3) is 0 Å². The number of carbonyl (C=O) groups excluding carboxylic acids is 1. The maximum atomic E-state index is 12.7. The predicted molar refractivity (Wildman–Crippen MR) is 85.2 cm³/mol. The summed E-state index contributed by atoms with van der Waals surface area (Å²) in [5.74, 6) is 0.234. The summed E-state index contributed by atoms with van der Waals surface area (Å²) in [6.07, 6.45) is 2.82. The first-order valence-electron chi connectivity index (χ1n) is 7.57. The van der Waals surface area contributed by atoms with E-state index in [1.165, 1.54) is 15.3 Å². The average Bonchev–Trinajstić information content (AvgIpc) is 2.78. The van der Waals surface area contributed by atoms with E-state index in [2.05, 4.69) is 44.4 Å². The van der Waals surface area contributed by atoms with Crippen LogP contribution in [0.1, 0.15) is 54.5 Å². The monoisotopic (exact) mass is 294 g/mol. The number of carbonyl (C=O) groups is 1. The summed E-state index contributed by atoms with van der Waals surface area (Å²) in [6.45, 7) is 10.4. The number of hydrogen-bond donors (Lipinski definition) is 2. The molecule has 1 aromatic heterocycles. The van der Waals surface area contributed by atoms with Crippen LogP contribution in [0.4, 0.5) is 0 Å². The Morgan fingerprint density at radius 2 is 2.10 bits per heavy atom. The van der Waals surface area contributed by atoms with E-state index in [1.807, 2.05) is 0 Å². The van der Waals surface area contributed by atoms with E-state index >= 15 is 0 Å². The number of nitrogens with one attached hydrogen (secondary N) is 2. The molecule has 0 aliphatic carbocycles. The number of hydrogen-bond acceptors (Lipinski definition) is 3. The van der Waals surface area contributed by atoms with Gasteiger partial charge in [0.25, 0.3) is 0 Å². The largest absolute Gasteiger partial charge is 0.349 e. The highest BCUT2D eigenvalue weighted by molar-refractivity contribution is 7.12. The molecule has 1 amide bonds. The van der Waals surface area contributed by atoms with Crippen LogP contribution >= 0.6 is 11.3 Å². The van der Waals surface area contributed by atoms with Crippen LogP contribution in [0.5, 0.6) is 0 Å². The molecule has 0 spiro atoms. The molecule has 1 aromatic rings. The lowest BCUT2D eigenvalue weighted by molar-refractivity contribution is -0.133. The summed E-state index contributed by atoms with van der Waals surface area (Å²) in [7, 11) is 0. The second-order valence-electron chi connectivity index (χ2n) is 5.95. The Labute approximate surface area is 126 Å². The zero-order valence-corrected chi connectivity index (χ0v) is 13.8. The number of aryl methyl sites for hydroxylation is 2. The lowest BCUT2D eigenvalue weighted by Crippen LogP contribution is -2.47. The minimum atomic E-state index is -0.168. The topological polar surface area (TPSA) is 41.1 Å². The van der Waals surface area contributed by atoms with Crippen molar-refractivity contribution in [2.45, 2.75) is 53.0 Å². The van der Waals surface area contributed by atoms with Crippen molar-refractivity contribution in [3.05, 3.63) is 21.4 Å². The number of rotatable bonds is 4. The minimum Gasteiger partial charge on any atom is -0.349 e. The molecule has 1 aliphatic rings. The average molecular weight is 294 g/mol. The number of thiophene rings is 1. The van der Waals surface area contributed by atoms with Gasteiger partial charge >= 0.3 is 0 Å². The first kappa shape index (κ1) is 15.5. The molecule has 1 saturated heterocycles. The molecule has 1 fully saturated rings. The van der Waals surface area contributed by atoms with Crippen LogP contribution in [-0.2, 0) is 4.79 Å². The van der Waals surface area contributed by atoms with Crippen molar-refractivity contribution in [2.75, 3.05) is 13.1 Å². The molecule has 1 aliphatic heterocycles. The van der Waals surface area contributed by atoms with Crippen LogP contribution in [0.3, 0.4) is 0 Å². The third-order valence-corrected chi connectivity index (χ3v) is 5.59. The quantitative estimate of drug-likeness (QED) is 0.894. The molecule has 0 radical (unpaired) electrons. The zero-order valence-electron chi connectivity index (χ0n) is 13.0. The molecule has 112 valence electrons. The van der Waals surface area contributed by atoms with Crippen LogP contribution in [-0.4, -0.2) is 19.0 Å². The molecule has 3 nitrogen and oxygen atoms in total. The second kappa shape index (κ2) is 6.27. The fourth-order valence-electron chi connectivity index (χ4n) is 3.15. The second-order valence-corrected chi connectivity index (χ2v) is 7.41. The molecule has 2 rings (SSSR count). The van der Waals surface area contributed by atoms with Gasteiger partial charge in [0, 0.05) is 9.75 Å². The van der Waals surface area contributed by atoms with Gasteiger partial charge in [-0.15, -0.1) is 11.3 Å². The van der Waals surface area contributed by atoms with Gasteiger partial charge in [0.15, 0.2) is 0 Å². The maximum absolute atomic E-state index is 12.7. The Hall–Kier alpha value is -0.870. The van der Waals surface area contributed by atoms with Gasteiger partial charge in [0.05, 0.1) is 11.5 Å². The van der Waals surface area contributed by atoms with Crippen LogP contribution < -0.4 is 10.6 Å². The summed E-state index contributed by atoms with van der Waals surface area (Å²) in [5.41, 5.74) is 1.10. The van der Waals surface area contributed by atoms with Crippen molar-refractivity contribution >= 4 is 17.2 Å². The third kappa shape index (κ3) is 3.07. The molecular formula is C16H26N2OS. The van der Waals surface area contributed by atoms with Crippen molar-refractivity contribution in [3.8, 4) is 0 Å². The lowest BCUT2D eigenvalue weighted by atomic mass is 9.75. The molecule has 2 N–H and O–H groups in total. The fraction of sp³-hybridized carbons (Fsp3) is 0.688. The van der Waals surface area contributed by atoms with Gasteiger partial charge in [-0.3, -0.25) is 4.79 Å². The SMILES string of the molecule is CCC1(C(=O)NC(C)c2cc(C)sc2C)CCNCC1. The summed E-state index contributed by atoms with van der Waals surface area (Å²) in [4.78, 5) is 15.3. The highest BCUT2D eigenvalue weighted by Gasteiger charge is 2.38. The number of piperidine rings is 1.